The van der Waals surface area contributed by atoms with Gasteiger partial charge in [-0.1, -0.05) is 37.9 Å². The maximum absolute atomic E-state index is 6.38. The van der Waals surface area contributed by atoms with E-state index in [1.807, 2.05) is 6.07 Å². The van der Waals surface area contributed by atoms with Gasteiger partial charge in [0.2, 0.25) is 0 Å². The lowest BCUT2D eigenvalue weighted by molar-refractivity contribution is 0.669. The Hall–Kier alpha value is -0.730. The molecule has 0 amide bonds. The maximum Gasteiger partial charge on any atom is 0.0471 e. The highest BCUT2D eigenvalue weighted by molar-refractivity contribution is 6.31. The second kappa shape index (κ2) is 9.22. The van der Waals surface area contributed by atoms with Crippen LogP contribution in [0.25, 0.3) is 0 Å². The van der Waals surface area contributed by atoms with Gasteiger partial charge in [-0.05, 0) is 38.4 Å². The standard InChI is InChI=1S/C16H27ClN2/c1-4-7-12-19(6-3)16-10-8-9-15(17)14(16)13-18-11-5-2/h8-10,18H,4-7,11-13H2,1-3H3. The van der Waals surface area contributed by atoms with Crippen LogP contribution in [0, 0.1) is 0 Å². The lowest BCUT2D eigenvalue weighted by Crippen LogP contribution is -2.26. The number of anilines is 1. The van der Waals surface area contributed by atoms with Gasteiger partial charge in [-0.3, -0.25) is 0 Å². The van der Waals surface area contributed by atoms with E-state index < -0.39 is 0 Å². The molecule has 0 saturated carbocycles. The fourth-order valence-corrected chi connectivity index (χ4v) is 2.44. The molecular weight excluding hydrogens is 256 g/mol. The quantitative estimate of drug-likeness (QED) is 0.673. The number of nitrogens with zero attached hydrogens (tertiary/aromatic N) is 1. The Morgan fingerprint density at radius 3 is 2.58 bits per heavy atom. The SMILES string of the molecule is CCCCN(CC)c1cccc(Cl)c1CNCCC. The summed E-state index contributed by atoms with van der Waals surface area (Å²) in [6.07, 6.45) is 3.59. The van der Waals surface area contributed by atoms with Gasteiger partial charge in [0.05, 0.1) is 0 Å². The third kappa shape index (κ3) is 5.04. The molecule has 0 heterocycles. The van der Waals surface area contributed by atoms with Crippen molar-refractivity contribution in [2.75, 3.05) is 24.5 Å². The normalized spacial score (nSPS) is 10.7. The Labute approximate surface area is 123 Å². The average Bonchev–Trinajstić information content (AvgIpc) is 2.42. The number of hydrogen-bond acceptors (Lipinski definition) is 2. The van der Waals surface area contributed by atoms with E-state index in [0.717, 1.165) is 37.6 Å². The average molecular weight is 283 g/mol. The number of hydrogen-bond donors (Lipinski definition) is 1. The molecule has 0 aliphatic carbocycles. The van der Waals surface area contributed by atoms with Gasteiger partial charge in [-0.25, -0.2) is 0 Å². The van der Waals surface area contributed by atoms with E-state index in [1.165, 1.54) is 24.1 Å². The molecule has 0 fully saturated rings. The number of rotatable bonds is 9. The zero-order valence-corrected chi connectivity index (χ0v) is 13.3. The van der Waals surface area contributed by atoms with Crippen LogP contribution in [0.1, 0.15) is 45.6 Å². The van der Waals surface area contributed by atoms with Gasteiger partial charge in [-0.2, -0.15) is 0 Å². The smallest absolute Gasteiger partial charge is 0.0471 e. The third-order valence-corrected chi connectivity index (χ3v) is 3.68. The molecule has 2 nitrogen and oxygen atoms in total. The summed E-state index contributed by atoms with van der Waals surface area (Å²) in [4.78, 5) is 2.43. The highest BCUT2D eigenvalue weighted by Gasteiger charge is 2.11. The maximum atomic E-state index is 6.38. The minimum absolute atomic E-state index is 0.853. The molecule has 0 spiro atoms. The molecule has 1 rings (SSSR count). The van der Waals surface area contributed by atoms with E-state index in [2.05, 4.69) is 43.1 Å². The number of nitrogens with one attached hydrogen (secondary N) is 1. The van der Waals surface area contributed by atoms with Crippen molar-refractivity contribution in [2.24, 2.45) is 0 Å². The predicted molar refractivity (Wildman–Crippen MR) is 86.2 cm³/mol. The first kappa shape index (κ1) is 16.3. The van der Waals surface area contributed by atoms with E-state index in [0.29, 0.717) is 0 Å². The van der Waals surface area contributed by atoms with Gasteiger partial charge in [-0.15, -0.1) is 0 Å². The molecule has 0 aliphatic heterocycles. The van der Waals surface area contributed by atoms with Gasteiger partial charge >= 0.3 is 0 Å². The zero-order valence-electron chi connectivity index (χ0n) is 12.5. The first-order chi connectivity index (χ1) is 9.24. The third-order valence-electron chi connectivity index (χ3n) is 3.33. The molecule has 0 saturated heterocycles. The molecular formula is C16H27ClN2. The molecule has 0 bridgehead atoms. The summed E-state index contributed by atoms with van der Waals surface area (Å²) in [5.41, 5.74) is 2.52. The van der Waals surface area contributed by atoms with Crippen LogP contribution in [0.15, 0.2) is 18.2 Å². The van der Waals surface area contributed by atoms with Crippen molar-refractivity contribution in [2.45, 2.75) is 46.6 Å². The number of unbranched alkanes of at least 4 members (excludes halogenated alkanes) is 1. The molecule has 0 radical (unpaired) electrons. The zero-order chi connectivity index (χ0) is 14.1. The second-order valence-electron chi connectivity index (χ2n) is 4.85. The second-order valence-corrected chi connectivity index (χ2v) is 5.25. The summed E-state index contributed by atoms with van der Waals surface area (Å²) >= 11 is 6.38. The Kier molecular flexibility index (Phi) is 7.92. The summed E-state index contributed by atoms with van der Waals surface area (Å²) < 4.78 is 0. The highest BCUT2D eigenvalue weighted by Crippen LogP contribution is 2.27. The summed E-state index contributed by atoms with van der Waals surface area (Å²) in [7, 11) is 0. The van der Waals surface area contributed by atoms with E-state index in [1.54, 1.807) is 0 Å². The Balaban J connectivity index is 2.87. The Morgan fingerprint density at radius 2 is 1.95 bits per heavy atom. The van der Waals surface area contributed by atoms with E-state index >= 15 is 0 Å². The molecule has 3 heteroatoms. The van der Waals surface area contributed by atoms with Crippen molar-refractivity contribution in [3.63, 3.8) is 0 Å². The van der Waals surface area contributed by atoms with Crippen LogP contribution in [0.3, 0.4) is 0 Å². The highest BCUT2D eigenvalue weighted by atomic mass is 35.5. The summed E-state index contributed by atoms with van der Waals surface area (Å²) in [5.74, 6) is 0. The summed E-state index contributed by atoms with van der Waals surface area (Å²) in [6, 6.07) is 6.23. The molecule has 108 valence electrons. The van der Waals surface area contributed by atoms with Gasteiger partial charge in [0.15, 0.2) is 0 Å². The molecule has 1 N–H and O–H groups in total. The van der Waals surface area contributed by atoms with E-state index in [-0.39, 0.29) is 0 Å². The topological polar surface area (TPSA) is 15.3 Å². The minimum Gasteiger partial charge on any atom is -0.372 e. The Bertz CT molecular complexity index is 366. The Morgan fingerprint density at radius 1 is 1.16 bits per heavy atom. The fraction of sp³-hybridized carbons (Fsp3) is 0.625. The fourth-order valence-electron chi connectivity index (χ4n) is 2.21. The van der Waals surface area contributed by atoms with E-state index in [9.17, 15) is 0 Å². The monoisotopic (exact) mass is 282 g/mol. The molecule has 0 aliphatic rings. The molecule has 0 aromatic heterocycles. The first-order valence-corrected chi connectivity index (χ1v) is 7.85. The van der Waals surface area contributed by atoms with Crippen LogP contribution < -0.4 is 10.2 Å². The molecule has 19 heavy (non-hydrogen) atoms. The molecule has 0 unspecified atom stereocenters. The lowest BCUT2D eigenvalue weighted by atomic mass is 10.1. The van der Waals surface area contributed by atoms with Crippen LogP contribution in [0.4, 0.5) is 5.69 Å². The van der Waals surface area contributed by atoms with Crippen LogP contribution >= 0.6 is 11.6 Å². The van der Waals surface area contributed by atoms with Crippen LogP contribution in [0.5, 0.6) is 0 Å². The van der Waals surface area contributed by atoms with Gasteiger partial charge in [0.25, 0.3) is 0 Å². The van der Waals surface area contributed by atoms with Crippen molar-refractivity contribution in [1.29, 1.82) is 0 Å². The largest absolute Gasteiger partial charge is 0.372 e. The van der Waals surface area contributed by atoms with Crippen molar-refractivity contribution < 1.29 is 0 Å². The molecule has 1 aromatic rings. The van der Waals surface area contributed by atoms with Crippen LogP contribution in [-0.4, -0.2) is 19.6 Å². The van der Waals surface area contributed by atoms with Crippen molar-refractivity contribution in [3.8, 4) is 0 Å². The summed E-state index contributed by atoms with van der Waals surface area (Å²) in [6.45, 7) is 10.6. The van der Waals surface area contributed by atoms with Gasteiger partial charge in [0.1, 0.15) is 0 Å². The molecule has 0 atom stereocenters. The van der Waals surface area contributed by atoms with Gasteiger partial charge in [0, 0.05) is 35.9 Å². The predicted octanol–water partition coefficient (Wildman–Crippen LogP) is 4.47. The number of halogens is 1. The summed E-state index contributed by atoms with van der Waals surface area (Å²) in [5, 5.41) is 4.33. The number of benzene rings is 1. The lowest BCUT2D eigenvalue weighted by Gasteiger charge is -2.26. The minimum atomic E-state index is 0.853. The van der Waals surface area contributed by atoms with Crippen LogP contribution in [0.2, 0.25) is 5.02 Å². The van der Waals surface area contributed by atoms with Crippen molar-refractivity contribution >= 4 is 17.3 Å². The van der Waals surface area contributed by atoms with Crippen LogP contribution in [-0.2, 0) is 6.54 Å². The van der Waals surface area contributed by atoms with Crippen molar-refractivity contribution in [3.05, 3.63) is 28.8 Å². The van der Waals surface area contributed by atoms with Crippen molar-refractivity contribution in [1.82, 2.24) is 5.32 Å². The van der Waals surface area contributed by atoms with E-state index in [4.69, 9.17) is 11.6 Å². The van der Waals surface area contributed by atoms with Gasteiger partial charge < -0.3 is 10.2 Å². The molecule has 1 aromatic carbocycles. The first-order valence-electron chi connectivity index (χ1n) is 7.47.